The predicted octanol–water partition coefficient (Wildman–Crippen LogP) is 8.04. The summed E-state index contributed by atoms with van der Waals surface area (Å²) in [4.78, 5) is 0. The summed E-state index contributed by atoms with van der Waals surface area (Å²) in [6, 6.07) is 2.78. The van der Waals surface area contributed by atoms with E-state index in [-0.39, 0.29) is 5.41 Å². The summed E-state index contributed by atoms with van der Waals surface area (Å²) >= 11 is 0. The van der Waals surface area contributed by atoms with Gasteiger partial charge in [0.15, 0.2) is 0 Å². The summed E-state index contributed by atoms with van der Waals surface area (Å²) in [5.41, 5.74) is 0.0424. The fraction of sp³-hybridized carbons (Fsp3) is 0.958. The molecule has 0 bridgehead atoms. The highest BCUT2D eigenvalue weighted by molar-refractivity contribution is 5.01. The minimum Gasteiger partial charge on any atom is -0.198 e. The van der Waals surface area contributed by atoms with Crippen LogP contribution in [-0.2, 0) is 0 Å². The molecule has 2 aliphatic rings. The van der Waals surface area contributed by atoms with Crippen molar-refractivity contribution in [2.45, 2.75) is 123 Å². The van der Waals surface area contributed by atoms with Crippen molar-refractivity contribution >= 4 is 0 Å². The summed E-state index contributed by atoms with van der Waals surface area (Å²) in [5, 5.41) is 9.85. The molecule has 0 radical (unpaired) electrons. The zero-order chi connectivity index (χ0) is 18.0. The van der Waals surface area contributed by atoms with Gasteiger partial charge >= 0.3 is 0 Å². The van der Waals surface area contributed by atoms with Gasteiger partial charge in [0.05, 0.1) is 11.5 Å². The number of unbranched alkanes of at least 4 members (excludes halogenated alkanes) is 3. The summed E-state index contributed by atoms with van der Waals surface area (Å²) in [6.45, 7) is 4.60. The molecule has 0 unspecified atom stereocenters. The second kappa shape index (κ2) is 11.3. The maximum Gasteiger partial charge on any atom is 0.0689 e. The van der Waals surface area contributed by atoms with E-state index in [1.54, 1.807) is 0 Å². The molecule has 0 heterocycles. The fourth-order valence-electron chi connectivity index (χ4n) is 5.40. The van der Waals surface area contributed by atoms with E-state index < -0.39 is 0 Å². The lowest BCUT2D eigenvalue weighted by Crippen LogP contribution is -2.27. The van der Waals surface area contributed by atoms with Gasteiger partial charge in [-0.3, -0.25) is 0 Å². The number of rotatable bonds is 10. The van der Waals surface area contributed by atoms with Crippen LogP contribution in [0.15, 0.2) is 0 Å². The minimum atomic E-state index is 0.0424. The fourth-order valence-corrected chi connectivity index (χ4v) is 5.40. The van der Waals surface area contributed by atoms with E-state index in [1.807, 2.05) is 0 Å². The van der Waals surface area contributed by atoms with Crippen LogP contribution in [-0.4, -0.2) is 0 Å². The predicted molar refractivity (Wildman–Crippen MR) is 108 cm³/mol. The molecular weight excluding hydrogens is 302 g/mol. The first-order valence-corrected chi connectivity index (χ1v) is 11.6. The van der Waals surface area contributed by atoms with Crippen molar-refractivity contribution in [2.24, 2.45) is 23.2 Å². The molecule has 2 aliphatic carbocycles. The van der Waals surface area contributed by atoms with Gasteiger partial charge in [-0.25, -0.2) is 0 Å². The lowest BCUT2D eigenvalue weighted by atomic mass is 9.66. The largest absolute Gasteiger partial charge is 0.198 e. The molecule has 0 atom stereocenters. The van der Waals surface area contributed by atoms with E-state index >= 15 is 0 Å². The van der Waals surface area contributed by atoms with Crippen LogP contribution in [0.1, 0.15) is 123 Å². The molecule has 0 aromatic carbocycles. The number of nitrogens with zero attached hydrogens (tertiary/aromatic N) is 1. The maximum absolute atomic E-state index is 9.85. The van der Waals surface area contributed by atoms with Crippen molar-refractivity contribution < 1.29 is 0 Å². The molecule has 144 valence electrons. The third kappa shape index (κ3) is 6.96. The number of hydrogen-bond donors (Lipinski definition) is 0. The van der Waals surface area contributed by atoms with E-state index in [1.165, 1.54) is 109 Å². The topological polar surface area (TPSA) is 23.8 Å². The summed E-state index contributed by atoms with van der Waals surface area (Å²) < 4.78 is 0. The Balaban J connectivity index is 1.66. The first-order valence-electron chi connectivity index (χ1n) is 11.6. The van der Waals surface area contributed by atoms with Crippen LogP contribution in [0.3, 0.4) is 0 Å². The Morgan fingerprint density at radius 1 is 0.720 bits per heavy atom. The molecule has 0 aromatic heterocycles. The van der Waals surface area contributed by atoms with Gasteiger partial charge in [0.25, 0.3) is 0 Å². The van der Waals surface area contributed by atoms with Gasteiger partial charge < -0.3 is 0 Å². The zero-order valence-electron chi connectivity index (χ0n) is 17.2. The monoisotopic (exact) mass is 345 g/mol. The highest BCUT2D eigenvalue weighted by atomic mass is 14.4. The second-order valence-electron chi connectivity index (χ2n) is 9.40. The van der Waals surface area contributed by atoms with Crippen molar-refractivity contribution in [1.29, 1.82) is 5.26 Å². The van der Waals surface area contributed by atoms with Gasteiger partial charge in [0.2, 0.25) is 0 Å². The molecule has 0 aromatic rings. The van der Waals surface area contributed by atoms with Gasteiger partial charge in [-0.05, 0) is 56.3 Å². The standard InChI is InChI=1S/C24H43N/c1-3-5-7-9-21-10-12-23(13-11-21)16-19-24(20-25)17-14-22(15-18-24)8-6-4-2/h21-23H,3-19H2,1-2H3. The molecular formula is C24H43N. The Labute approximate surface area is 158 Å². The van der Waals surface area contributed by atoms with Crippen LogP contribution in [0.4, 0.5) is 0 Å². The molecule has 2 rings (SSSR count). The smallest absolute Gasteiger partial charge is 0.0689 e. The molecule has 0 spiro atoms. The quantitative estimate of drug-likeness (QED) is 0.367. The van der Waals surface area contributed by atoms with Gasteiger partial charge in [-0.15, -0.1) is 0 Å². The summed E-state index contributed by atoms with van der Waals surface area (Å²) in [7, 11) is 0. The third-order valence-corrected chi connectivity index (χ3v) is 7.48. The average Bonchev–Trinajstić information content (AvgIpc) is 2.67. The summed E-state index contributed by atoms with van der Waals surface area (Å²) in [6.07, 6.45) is 23.1. The molecule has 1 heteroatoms. The van der Waals surface area contributed by atoms with Crippen molar-refractivity contribution in [1.82, 2.24) is 0 Å². The van der Waals surface area contributed by atoms with Gasteiger partial charge in [-0.2, -0.15) is 5.26 Å². The van der Waals surface area contributed by atoms with Crippen molar-refractivity contribution in [3.8, 4) is 6.07 Å². The highest BCUT2D eigenvalue weighted by Crippen LogP contribution is 2.45. The van der Waals surface area contributed by atoms with E-state index in [4.69, 9.17) is 0 Å². The molecule has 2 saturated carbocycles. The minimum absolute atomic E-state index is 0.0424. The Kier molecular flexibility index (Phi) is 9.36. The van der Waals surface area contributed by atoms with Crippen molar-refractivity contribution in [3.63, 3.8) is 0 Å². The maximum atomic E-state index is 9.85. The zero-order valence-corrected chi connectivity index (χ0v) is 17.2. The van der Waals surface area contributed by atoms with Crippen LogP contribution in [0.25, 0.3) is 0 Å². The highest BCUT2D eigenvalue weighted by Gasteiger charge is 2.35. The third-order valence-electron chi connectivity index (χ3n) is 7.48. The van der Waals surface area contributed by atoms with E-state index in [0.29, 0.717) is 0 Å². The van der Waals surface area contributed by atoms with Gasteiger partial charge in [-0.1, -0.05) is 84.5 Å². The van der Waals surface area contributed by atoms with Crippen molar-refractivity contribution in [2.75, 3.05) is 0 Å². The number of nitriles is 1. The molecule has 0 N–H and O–H groups in total. The Morgan fingerprint density at radius 3 is 1.80 bits per heavy atom. The average molecular weight is 346 g/mol. The molecule has 0 amide bonds. The van der Waals surface area contributed by atoms with Gasteiger partial charge in [0.1, 0.15) is 0 Å². The van der Waals surface area contributed by atoms with Crippen LogP contribution in [0, 0.1) is 34.5 Å². The summed E-state index contributed by atoms with van der Waals surface area (Å²) in [5.74, 6) is 2.85. The van der Waals surface area contributed by atoms with Crippen LogP contribution >= 0.6 is 0 Å². The van der Waals surface area contributed by atoms with E-state index in [2.05, 4.69) is 19.9 Å². The SMILES string of the molecule is CCCCCC1CCC(CCC2(C#N)CCC(CCCC)CC2)CC1. The Morgan fingerprint density at radius 2 is 1.24 bits per heavy atom. The molecule has 1 nitrogen and oxygen atoms in total. The lowest BCUT2D eigenvalue weighted by molar-refractivity contribution is 0.163. The van der Waals surface area contributed by atoms with Crippen LogP contribution in [0.5, 0.6) is 0 Å². The number of hydrogen-bond acceptors (Lipinski definition) is 1. The molecule has 0 saturated heterocycles. The lowest BCUT2D eigenvalue weighted by Gasteiger charge is -2.37. The Bertz CT molecular complexity index is 377. The first-order chi connectivity index (χ1) is 12.2. The van der Waals surface area contributed by atoms with Gasteiger partial charge in [0, 0.05) is 0 Å². The van der Waals surface area contributed by atoms with Crippen LogP contribution in [0.2, 0.25) is 0 Å². The molecule has 25 heavy (non-hydrogen) atoms. The molecule has 2 fully saturated rings. The van der Waals surface area contributed by atoms with Crippen molar-refractivity contribution in [3.05, 3.63) is 0 Å². The van der Waals surface area contributed by atoms with E-state index in [0.717, 1.165) is 17.8 Å². The second-order valence-corrected chi connectivity index (χ2v) is 9.40. The van der Waals surface area contributed by atoms with Crippen LogP contribution < -0.4 is 0 Å². The molecule has 0 aliphatic heterocycles. The van der Waals surface area contributed by atoms with E-state index in [9.17, 15) is 5.26 Å². The Hall–Kier alpha value is -0.510. The normalized spacial score (nSPS) is 33.1. The first kappa shape index (κ1) is 20.8.